The number of benzene rings is 1. The van der Waals surface area contributed by atoms with Crippen LogP contribution in [0.5, 0.6) is 0 Å². The van der Waals surface area contributed by atoms with E-state index in [0.29, 0.717) is 17.1 Å². The van der Waals surface area contributed by atoms with E-state index >= 15 is 0 Å². The number of hydrogen-bond acceptors (Lipinski definition) is 6. The molecule has 0 spiro atoms. The van der Waals surface area contributed by atoms with Gasteiger partial charge < -0.3 is 9.64 Å². The highest BCUT2D eigenvalue weighted by Crippen LogP contribution is 2.31. The van der Waals surface area contributed by atoms with E-state index in [0.717, 1.165) is 42.8 Å². The first kappa shape index (κ1) is 16.5. The third kappa shape index (κ3) is 3.28. The van der Waals surface area contributed by atoms with Crippen molar-refractivity contribution in [3.63, 3.8) is 0 Å². The molecular formula is C17H17ClN4O2. The third-order valence-corrected chi connectivity index (χ3v) is 4.43. The molecule has 0 aliphatic carbocycles. The van der Waals surface area contributed by atoms with Crippen LogP contribution in [0.25, 0.3) is 10.9 Å². The molecule has 2 aromatic rings. The summed E-state index contributed by atoms with van der Waals surface area (Å²) in [4.78, 5) is 19.9. The van der Waals surface area contributed by atoms with E-state index < -0.39 is 0 Å². The van der Waals surface area contributed by atoms with Crippen molar-refractivity contribution < 1.29 is 9.53 Å². The Balaban J connectivity index is 1.89. The lowest BCUT2D eigenvalue weighted by molar-refractivity contribution is -0.142. The first-order chi connectivity index (χ1) is 11.6. The summed E-state index contributed by atoms with van der Waals surface area (Å²) >= 11 is 6.13. The number of aromatic nitrogens is 1. The van der Waals surface area contributed by atoms with Gasteiger partial charge in [0.1, 0.15) is 6.07 Å². The van der Waals surface area contributed by atoms with Crippen molar-refractivity contribution in [2.45, 2.75) is 0 Å². The van der Waals surface area contributed by atoms with Crippen LogP contribution in [-0.2, 0) is 9.53 Å². The van der Waals surface area contributed by atoms with E-state index in [-0.39, 0.29) is 5.97 Å². The Bertz CT molecular complexity index is 810. The van der Waals surface area contributed by atoms with Crippen molar-refractivity contribution in [1.29, 1.82) is 5.26 Å². The smallest absolute Gasteiger partial charge is 0.319 e. The summed E-state index contributed by atoms with van der Waals surface area (Å²) in [7, 11) is 1.39. The minimum atomic E-state index is -0.234. The van der Waals surface area contributed by atoms with Crippen LogP contribution in [0.15, 0.2) is 24.4 Å². The van der Waals surface area contributed by atoms with Gasteiger partial charge in [-0.25, -0.2) is 0 Å². The number of piperazine rings is 1. The molecule has 0 bridgehead atoms. The van der Waals surface area contributed by atoms with Gasteiger partial charge in [-0.1, -0.05) is 11.6 Å². The van der Waals surface area contributed by atoms with Gasteiger partial charge in [-0.2, -0.15) is 5.26 Å². The SMILES string of the molecule is COC(=O)CN1CCN(c2c(C#N)cnc3ccc(Cl)cc23)CC1. The second-order valence-corrected chi connectivity index (χ2v) is 6.07. The summed E-state index contributed by atoms with van der Waals surface area (Å²) in [6, 6.07) is 7.72. The molecule has 1 aliphatic rings. The van der Waals surface area contributed by atoms with E-state index in [4.69, 9.17) is 16.3 Å². The quantitative estimate of drug-likeness (QED) is 0.794. The Hall–Kier alpha value is -2.36. The van der Waals surface area contributed by atoms with Crippen LogP contribution in [0, 0.1) is 11.3 Å². The molecular weight excluding hydrogens is 328 g/mol. The lowest BCUT2D eigenvalue weighted by Gasteiger charge is -2.36. The topological polar surface area (TPSA) is 69.5 Å². The number of pyridine rings is 1. The number of rotatable bonds is 3. The van der Waals surface area contributed by atoms with Gasteiger partial charge in [0, 0.05) is 42.8 Å². The molecule has 0 atom stereocenters. The Kier molecular flexibility index (Phi) is 4.84. The van der Waals surface area contributed by atoms with Crippen LogP contribution in [0.3, 0.4) is 0 Å². The standard InChI is InChI=1S/C17H17ClN4O2/c1-24-16(23)11-21-4-6-22(7-5-21)17-12(9-19)10-20-15-3-2-13(18)8-14(15)17/h2-3,8,10H,4-7,11H2,1H3. The van der Waals surface area contributed by atoms with Gasteiger partial charge in [0.05, 0.1) is 30.4 Å². The number of methoxy groups -OCH3 is 1. The zero-order chi connectivity index (χ0) is 17.1. The van der Waals surface area contributed by atoms with E-state index in [2.05, 4.69) is 16.0 Å². The summed E-state index contributed by atoms with van der Waals surface area (Å²) in [5.41, 5.74) is 2.21. The molecule has 24 heavy (non-hydrogen) atoms. The molecule has 0 N–H and O–H groups in total. The highest BCUT2D eigenvalue weighted by atomic mass is 35.5. The monoisotopic (exact) mass is 344 g/mol. The number of carbonyl (C=O) groups is 1. The van der Waals surface area contributed by atoms with Gasteiger partial charge in [-0.15, -0.1) is 0 Å². The van der Waals surface area contributed by atoms with E-state index in [1.54, 1.807) is 12.3 Å². The minimum Gasteiger partial charge on any atom is -0.468 e. The van der Waals surface area contributed by atoms with E-state index in [1.165, 1.54) is 7.11 Å². The molecule has 0 radical (unpaired) electrons. The first-order valence-electron chi connectivity index (χ1n) is 7.65. The van der Waals surface area contributed by atoms with Crippen molar-refractivity contribution in [2.24, 2.45) is 0 Å². The summed E-state index contributed by atoms with van der Waals surface area (Å²) in [6.07, 6.45) is 1.60. The van der Waals surface area contributed by atoms with Crippen molar-refractivity contribution in [3.8, 4) is 6.07 Å². The van der Waals surface area contributed by atoms with Crippen molar-refractivity contribution in [1.82, 2.24) is 9.88 Å². The molecule has 1 aromatic carbocycles. The predicted molar refractivity (Wildman–Crippen MR) is 92.1 cm³/mol. The fraction of sp³-hybridized carbons (Fsp3) is 0.353. The molecule has 0 unspecified atom stereocenters. The highest BCUT2D eigenvalue weighted by Gasteiger charge is 2.23. The van der Waals surface area contributed by atoms with Crippen LogP contribution in [0.4, 0.5) is 5.69 Å². The Morgan fingerprint density at radius 2 is 2.12 bits per heavy atom. The number of carbonyl (C=O) groups excluding carboxylic acids is 1. The molecule has 0 saturated carbocycles. The van der Waals surface area contributed by atoms with Crippen LogP contribution in [-0.4, -0.2) is 55.7 Å². The molecule has 124 valence electrons. The molecule has 7 heteroatoms. The van der Waals surface area contributed by atoms with E-state index in [1.807, 2.05) is 17.0 Å². The molecule has 1 fully saturated rings. The van der Waals surface area contributed by atoms with Crippen LogP contribution in [0.1, 0.15) is 5.56 Å². The first-order valence-corrected chi connectivity index (χ1v) is 8.02. The van der Waals surface area contributed by atoms with Crippen LogP contribution >= 0.6 is 11.6 Å². The molecule has 1 aromatic heterocycles. The van der Waals surface area contributed by atoms with Crippen LogP contribution in [0.2, 0.25) is 5.02 Å². The van der Waals surface area contributed by atoms with Crippen molar-refractivity contribution >= 4 is 34.2 Å². The number of hydrogen-bond donors (Lipinski definition) is 0. The fourth-order valence-corrected chi connectivity index (χ4v) is 3.12. The summed E-state index contributed by atoms with van der Waals surface area (Å²) < 4.78 is 4.71. The van der Waals surface area contributed by atoms with Crippen molar-refractivity contribution in [2.75, 3.05) is 44.7 Å². The number of nitriles is 1. The Labute approximate surface area is 145 Å². The Morgan fingerprint density at radius 1 is 1.38 bits per heavy atom. The third-order valence-electron chi connectivity index (χ3n) is 4.19. The number of ether oxygens (including phenoxy) is 1. The predicted octanol–water partition coefficient (Wildman–Crippen LogP) is 2.05. The second-order valence-electron chi connectivity index (χ2n) is 5.63. The average Bonchev–Trinajstić information content (AvgIpc) is 2.61. The van der Waals surface area contributed by atoms with Gasteiger partial charge in [-0.3, -0.25) is 14.7 Å². The second kappa shape index (κ2) is 7.04. The van der Waals surface area contributed by atoms with Crippen molar-refractivity contribution in [3.05, 3.63) is 35.0 Å². The highest BCUT2D eigenvalue weighted by molar-refractivity contribution is 6.31. The summed E-state index contributed by atoms with van der Waals surface area (Å²) in [6.45, 7) is 3.18. The normalized spacial score (nSPS) is 15.3. The van der Waals surface area contributed by atoms with Gasteiger partial charge in [0.15, 0.2) is 0 Å². The molecule has 3 rings (SSSR count). The lowest BCUT2D eigenvalue weighted by atomic mass is 10.1. The minimum absolute atomic E-state index is 0.234. The number of halogens is 1. The molecule has 1 aliphatic heterocycles. The maximum Gasteiger partial charge on any atom is 0.319 e. The molecule has 2 heterocycles. The number of esters is 1. The lowest BCUT2D eigenvalue weighted by Crippen LogP contribution is -2.48. The molecule has 1 saturated heterocycles. The van der Waals surface area contributed by atoms with Gasteiger partial charge in [0.2, 0.25) is 0 Å². The summed E-state index contributed by atoms with van der Waals surface area (Å²) in [5.74, 6) is -0.234. The largest absolute Gasteiger partial charge is 0.468 e. The molecule has 6 nitrogen and oxygen atoms in total. The fourth-order valence-electron chi connectivity index (χ4n) is 2.95. The number of nitrogens with zero attached hydrogens (tertiary/aromatic N) is 4. The summed E-state index contributed by atoms with van der Waals surface area (Å²) in [5, 5.41) is 11.0. The average molecular weight is 345 g/mol. The van der Waals surface area contributed by atoms with E-state index in [9.17, 15) is 10.1 Å². The van der Waals surface area contributed by atoms with Gasteiger partial charge in [0.25, 0.3) is 0 Å². The zero-order valence-electron chi connectivity index (χ0n) is 13.3. The van der Waals surface area contributed by atoms with Crippen LogP contribution < -0.4 is 4.90 Å². The maximum absolute atomic E-state index is 11.4. The molecule has 0 amide bonds. The zero-order valence-corrected chi connectivity index (χ0v) is 14.1. The van der Waals surface area contributed by atoms with Gasteiger partial charge >= 0.3 is 5.97 Å². The maximum atomic E-state index is 11.4. The number of fused-ring (bicyclic) bond motifs is 1. The number of anilines is 1. The Morgan fingerprint density at radius 3 is 2.79 bits per heavy atom. The van der Waals surface area contributed by atoms with Gasteiger partial charge in [-0.05, 0) is 18.2 Å².